The predicted octanol–water partition coefficient (Wildman–Crippen LogP) is 5.28. The Balaban J connectivity index is 2.01. The highest BCUT2D eigenvalue weighted by Gasteiger charge is 2.45. The molecule has 0 saturated heterocycles. The first kappa shape index (κ1) is 23.9. The van der Waals surface area contributed by atoms with Crippen LogP contribution in [-0.2, 0) is 14.9 Å². The maximum absolute atomic E-state index is 13.8. The summed E-state index contributed by atoms with van der Waals surface area (Å²) < 4.78 is 41.0. The summed E-state index contributed by atoms with van der Waals surface area (Å²) in [6, 6.07) is 10.9. The topological polar surface area (TPSA) is 69.7 Å². The lowest BCUT2D eigenvalue weighted by molar-refractivity contribution is -0.124. The summed E-state index contributed by atoms with van der Waals surface area (Å²) >= 11 is 0. The minimum absolute atomic E-state index is 0.0753. The maximum atomic E-state index is 13.8. The molecule has 1 aromatic heterocycles. The van der Waals surface area contributed by atoms with Gasteiger partial charge in [-0.05, 0) is 48.8 Å². The van der Waals surface area contributed by atoms with Gasteiger partial charge in [0.1, 0.15) is 5.69 Å². The first-order chi connectivity index (χ1) is 15.3. The van der Waals surface area contributed by atoms with E-state index < -0.39 is 12.0 Å². The average molecular weight is 449 g/mol. The van der Waals surface area contributed by atoms with Gasteiger partial charge < -0.3 is 19.5 Å². The van der Waals surface area contributed by atoms with Crippen LogP contribution in [0.5, 0.6) is 11.8 Å². The van der Waals surface area contributed by atoms with E-state index in [1.165, 1.54) is 19.2 Å². The highest BCUT2D eigenvalue weighted by molar-refractivity contribution is 6.00. The number of hydrogen-bond acceptors (Lipinski definition) is 5. The number of alkyl halides is 2. The van der Waals surface area contributed by atoms with Gasteiger partial charge in [-0.2, -0.15) is 13.8 Å². The highest BCUT2D eigenvalue weighted by Crippen LogP contribution is 2.44. The summed E-state index contributed by atoms with van der Waals surface area (Å²) in [7, 11) is 3.05. The Labute approximate surface area is 187 Å². The van der Waals surface area contributed by atoms with Gasteiger partial charge in [0.25, 0.3) is 0 Å². The molecule has 1 aliphatic carbocycles. The summed E-state index contributed by atoms with van der Waals surface area (Å²) in [5, 5.41) is 2.82. The van der Waals surface area contributed by atoms with E-state index in [2.05, 4.69) is 28.9 Å². The van der Waals surface area contributed by atoms with Gasteiger partial charge in [-0.15, -0.1) is 0 Å². The van der Waals surface area contributed by atoms with E-state index >= 15 is 0 Å². The molecule has 1 heterocycles. The normalized spacial score (nSPS) is 20.9. The molecule has 3 rings (SSSR count). The molecule has 1 aromatic carbocycles. The zero-order valence-electron chi connectivity index (χ0n) is 18.9. The van der Waals surface area contributed by atoms with E-state index in [0.29, 0.717) is 12.8 Å². The smallest absolute Gasteiger partial charge is 0.388 e. The molecule has 1 N–H and O–H groups in total. The molecule has 0 bridgehead atoms. The Morgan fingerprint density at radius 3 is 2.41 bits per heavy atom. The van der Waals surface area contributed by atoms with Crippen LogP contribution >= 0.6 is 0 Å². The SMILES string of the molecule is COc1ccc(NC(=O)C2(c3ccccc3C(C)C)CCC(OC)CC2)c(OC(F)F)n1. The molecule has 1 aliphatic rings. The summed E-state index contributed by atoms with van der Waals surface area (Å²) in [4.78, 5) is 17.7. The lowest BCUT2D eigenvalue weighted by Crippen LogP contribution is -2.45. The fourth-order valence-electron chi connectivity index (χ4n) is 4.42. The van der Waals surface area contributed by atoms with Gasteiger partial charge in [0.2, 0.25) is 17.7 Å². The van der Waals surface area contributed by atoms with Crippen LogP contribution in [0.25, 0.3) is 0 Å². The quantitative estimate of drug-likeness (QED) is 0.595. The van der Waals surface area contributed by atoms with Crippen molar-refractivity contribution >= 4 is 11.6 Å². The Kier molecular flexibility index (Phi) is 7.66. The summed E-state index contributed by atoms with van der Waals surface area (Å²) in [5.74, 6) is -0.327. The largest absolute Gasteiger partial charge is 0.481 e. The number of rotatable bonds is 8. The van der Waals surface area contributed by atoms with Crippen LogP contribution in [0.4, 0.5) is 14.5 Å². The average Bonchev–Trinajstić information content (AvgIpc) is 2.79. The molecule has 8 heteroatoms. The molecule has 32 heavy (non-hydrogen) atoms. The zero-order chi connectivity index (χ0) is 23.3. The van der Waals surface area contributed by atoms with Gasteiger partial charge in [0.05, 0.1) is 18.6 Å². The molecule has 0 spiro atoms. The Hall–Kier alpha value is -2.74. The van der Waals surface area contributed by atoms with Crippen molar-refractivity contribution in [3.05, 3.63) is 47.5 Å². The second-order valence-electron chi connectivity index (χ2n) is 8.30. The number of carbonyl (C=O) groups excluding carboxylic acids is 1. The summed E-state index contributed by atoms with van der Waals surface area (Å²) in [5.41, 5.74) is 1.31. The van der Waals surface area contributed by atoms with Crippen LogP contribution in [0, 0.1) is 0 Å². The molecule has 2 aromatic rings. The van der Waals surface area contributed by atoms with Gasteiger partial charge in [-0.1, -0.05) is 38.1 Å². The van der Waals surface area contributed by atoms with Crippen molar-refractivity contribution in [1.29, 1.82) is 0 Å². The van der Waals surface area contributed by atoms with Crippen LogP contribution in [0.2, 0.25) is 0 Å². The lowest BCUT2D eigenvalue weighted by atomic mass is 9.66. The number of aromatic nitrogens is 1. The fraction of sp³-hybridized carbons (Fsp3) is 0.500. The third kappa shape index (κ3) is 5.01. The summed E-state index contributed by atoms with van der Waals surface area (Å²) in [6.07, 6.45) is 2.68. The Morgan fingerprint density at radius 2 is 1.81 bits per heavy atom. The molecule has 174 valence electrons. The number of nitrogens with zero attached hydrogens (tertiary/aromatic N) is 1. The minimum Gasteiger partial charge on any atom is -0.481 e. The van der Waals surface area contributed by atoms with Gasteiger partial charge in [0.15, 0.2) is 0 Å². The number of methoxy groups -OCH3 is 2. The van der Waals surface area contributed by atoms with Crippen LogP contribution in [0.15, 0.2) is 36.4 Å². The number of nitrogens with one attached hydrogen (secondary N) is 1. The molecular formula is C24H30F2N2O4. The van der Waals surface area contributed by atoms with E-state index in [9.17, 15) is 13.6 Å². The number of pyridine rings is 1. The van der Waals surface area contributed by atoms with E-state index in [0.717, 1.165) is 24.0 Å². The number of benzene rings is 1. The lowest BCUT2D eigenvalue weighted by Gasteiger charge is -2.40. The van der Waals surface area contributed by atoms with E-state index in [-0.39, 0.29) is 35.4 Å². The summed E-state index contributed by atoms with van der Waals surface area (Å²) in [6.45, 7) is 1.10. The number of anilines is 1. The molecule has 1 fully saturated rings. The van der Waals surface area contributed by atoms with E-state index in [4.69, 9.17) is 9.47 Å². The fourth-order valence-corrected chi connectivity index (χ4v) is 4.42. The predicted molar refractivity (Wildman–Crippen MR) is 118 cm³/mol. The van der Waals surface area contributed by atoms with Crippen molar-refractivity contribution in [2.75, 3.05) is 19.5 Å². The van der Waals surface area contributed by atoms with Gasteiger partial charge >= 0.3 is 6.61 Å². The first-order valence-corrected chi connectivity index (χ1v) is 10.7. The van der Waals surface area contributed by atoms with Crippen molar-refractivity contribution in [1.82, 2.24) is 4.98 Å². The van der Waals surface area contributed by atoms with Crippen molar-refractivity contribution < 1.29 is 27.8 Å². The van der Waals surface area contributed by atoms with E-state index in [1.54, 1.807) is 7.11 Å². The van der Waals surface area contributed by atoms with E-state index in [1.807, 2.05) is 24.3 Å². The number of amides is 1. The first-order valence-electron chi connectivity index (χ1n) is 10.7. The molecule has 1 amide bonds. The van der Waals surface area contributed by atoms with Crippen LogP contribution in [-0.4, -0.2) is 37.8 Å². The van der Waals surface area contributed by atoms with Crippen molar-refractivity contribution in [2.24, 2.45) is 0 Å². The standard InChI is InChI=1S/C24H30F2N2O4/c1-15(2)17-7-5-6-8-18(17)24(13-11-16(30-3)12-14-24)22(29)27-19-9-10-20(31-4)28-21(19)32-23(25)26/h5-10,15-16,23H,11-14H2,1-4H3,(H,27,29). The third-order valence-corrected chi connectivity index (χ3v) is 6.15. The number of carbonyl (C=O) groups is 1. The monoisotopic (exact) mass is 448 g/mol. The molecule has 6 nitrogen and oxygen atoms in total. The second-order valence-corrected chi connectivity index (χ2v) is 8.30. The Bertz CT molecular complexity index is 928. The zero-order valence-corrected chi connectivity index (χ0v) is 18.9. The maximum Gasteiger partial charge on any atom is 0.388 e. The van der Waals surface area contributed by atoms with Crippen LogP contribution in [0.1, 0.15) is 56.6 Å². The van der Waals surface area contributed by atoms with Crippen molar-refractivity contribution in [2.45, 2.75) is 63.6 Å². The van der Waals surface area contributed by atoms with Crippen molar-refractivity contribution in [3.63, 3.8) is 0 Å². The highest BCUT2D eigenvalue weighted by atomic mass is 19.3. The van der Waals surface area contributed by atoms with Gasteiger partial charge in [0, 0.05) is 13.2 Å². The minimum atomic E-state index is -3.09. The van der Waals surface area contributed by atoms with Crippen LogP contribution in [0.3, 0.4) is 0 Å². The molecule has 0 unspecified atom stereocenters. The van der Waals surface area contributed by atoms with Gasteiger partial charge in [-0.25, -0.2) is 0 Å². The number of halogens is 2. The van der Waals surface area contributed by atoms with Gasteiger partial charge in [-0.3, -0.25) is 4.79 Å². The van der Waals surface area contributed by atoms with Crippen molar-refractivity contribution in [3.8, 4) is 11.8 Å². The van der Waals surface area contributed by atoms with Crippen LogP contribution < -0.4 is 14.8 Å². The molecular weight excluding hydrogens is 418 g/mol. The molecule has 1 saturated carbocycles. The molecule has 0 atom stereocenters. The second kappa shape index (κ2) is 10.3. The Morgan fingerprint density at radius 1 is 1.12 bits per heavy atom. The molecule has 0 aliphatic heterocycles. The number of hydrogen-bond donors (Lipinski definition) is 1. The third-order valence-electron chi connectivity index (χ3n) is 6.15. The molecule has 0 radical (unpaired) electrons. The number of ether oxygens (including phenoxy) is 3.